The van der Waals surface area contributed by atoms with Crippen LogP contribution in [0.15, 0.2) is 12.2 Å². The van der Waals surface area contributed by atoms with Gasteiger partial charge in [0.2, 0.25) is 5.91 Å². The van der Waals surface area contributed by atoms with Crippen molar-refractivity contribution in [2.45, 2.75) is 71.6 Å². The minimum Gasteiger partial charge on any atom is -0.395 e. The van der Waals surface area contributed by atoms with E-state index in [4.69, 9.17) is 5.11 Å². The lowest BCUT2D eigenvalue weighted by Crippen LogP contribution is -2.34. The van der Waals surface area contributed by atoms with E-state index >= 15 is 0 Å². The number of aliphatic hydroxyl groups is 1. The van der Waals surface area contributed by atoms with Crippen LogP contribution >= 0.6 is 0 Å². The second-order valence-electron chi connectivity index (χ2n) is 5.29. The third-order valence-electron chi connectivity index (χ3n) is 3.38. The Balaban J connectivity index is 3.52. The van der Waals surface area contributed by atoms with Gasteiger partial charge in [-0.2, -0.15) is 0 Å². The Hall–Kier alpha value is -0.830. The number of allylic oxidation sites excluding steroid dienone is 2. The smallest absolute Gasteiger partial charge is 0.222 e. The number of aliphatic hydroxyl groups excluding tert-OH is 1. The molecule has 1 amide bonds. The van der Waals surface area contributed by atoms with Gasteiger partial charge in [0.05, 0.1) is 6.61 Å². The molecular weight excluding hydrogens is 250 g/mol. The quantitative estimate of drug-likeness (QED) is 0.411. The molecule has 1 N–H and O–H groups in total. The predicted molar refractivity (Wildman–Crippen MR) is 85.7 cm³/mol. The van der Waals surface area contributed by atoms with E-state index in [-0.39, 0.29) is 12.5 Å². The topological polar surface area (TPSA) is 40.5 Å². The number of carbonyl (C=O) groups is 1. The maximum absolute atomic E-state index is 11.9. The van der Waals surface area contributed by atoms with Gasteiger partial charge in [0, 0.05) is 19.5 Å². The Morgan fingerprint density at radius 2 is 1.70 bits per heavy atom. The van der Waals surface area contributed by atoms with Gasteiger partial charge in [-0.15, -0.1) is 0 Å². The molecule has 0 aliphatic carbocycles. The average molecular weight is 283 g/mol. The standard InChI is InChI=1S/C17H33NO2/c1-3-5-6-7-8-9-10-11-12-13-17(20)18(14-4-2)15-16-19/h5-6,19H,3-4,7-16H2,1-2H3/b6-5+. The average Bonchev–Trinajstić information content (AvgIpc) is 2.45. The lowest BCUT2D eigenvalue weighted by molar-refractivity contribution is -0.131. The monoisotopic (exact) mass is 283 g/mol. The van der Waals surface area contributed by atoms with Gasteiger partial charge in [-0.25, -0.2) is 0 Å². The van der Waals surface area contributed by atoms with E-state index in [1.54, 1.807) is 4.90 Å². The highest BCUT2D eigenvalue weighted by Gasteiger charge is 2.10. The van der Waals surface area contributed by atoms with Crippen molar-refractivity contribution in [3.63, 3.8) is 0 Å². The number of rotatable bonds is 13. The molecule has 0 aromatic rings. The molecule has 0 heterocycles. The summed E-state index contributed by atoms with van der Waals surface area (Å²) in [6.07, 6.45) is 14.3. The van der Waals surface area contributed by atoms with Gasteiger partial charge in [0.15, 0.2) is 0 Å². The zero-order chi connectivity index (χ0) is 15.1. The van der Waals surface area contributed by atoms with Crippen LogP contribution in [0.5, 0.6) is 0 Å². The van der Waals surface area contributed by atoms with Crippen LogP contribution in [0.2, 0.25) is 0 Å². The highest BCUT2D eigenvalue weighted by molar-refractivity contribution is 5.76. The summed E-state index contributed by atoms with van der Waals surface area (Å²) in [5.41, 5.74) is 0. The number of hydrogen-bond acceptors (Lipinski definition) is 2. The summed E-state index contributed by atoms with van der Waals surface area (Å²) in [6.45, 7) is 5.54. The van der Waals surface area contributed by atoms with Crippen LogP contribution in [-0.2, 0) is 4.79 Å². The van der Waals surface area contributed by atoms with Crippen molar-refractivity contribution in [2.24, 2.45) is 0 Å². The van der Waals surface area contributed by atoms with Gasteiger partial charge >= 0.3 is 0 Å². The predicted octanol–water partition coefficient (Wildman–Crippen LogP) is 3.91. The molecule has 20 heavy (non-hydrogen) atoms. The van der Waals surface area contributed by atoms with Gasteiger partial charge in [-0.3, -0.25) is 4.79 Å². The molecule has 0 aliphatic rings. The van der Waals surface area contributed by atoms with Crippen LogP contribution in [0.25, 0.3) is 0 Å². The van der Waals surface area contributed by atoms with Crippen LogP contribution in [-0.4, -0.2) is 35.6 Å². The molecular formula is C17H33NO2. The first-order valence-electron chi connectivity index (χ1n) is 8.29. The summed E-state index contributed by atoms with van der Waals surface area (Å²) in [5, 5.41) is 8.94. The Morgan fingerprint density at radius 1 is 1.00 bits per heavy atom. The van der Waals surface area contributed by atoms with Crippen molar-refractivity contribution < 1.29 is 9.90 Å². The Morgan fingerprint density at radius 3 is 2.35 bits per heavy atom. The number of unbranched alkanes of at least 4 members (excludes halogenated alkanes) is 5. The Kier molecular flexibility index (Phi) is 14.0. The fourth-order valence-corrected chi connectivity index (χ4v) is 2.26. The van der Waals surface area contributed by atoms with E-state index in [2.05, 4.69) is 26.0 Å². The van der Waals surface area contributed by atoms with Gasteiger partial charge < -0.3 is 10.0 Å². The molecule has 3 heteroatoms. The molecule has 0 rings (SSSR count). The molecule has 0 unspecified atom stereocenters. The first-order valence-corrected chi connectivity index (χ1v) is 8.29. The minimum atomic E-state index is 0.0665. The SMILES string of the molecule is CC/C=C/CCCCCCCC(=O)N(CCC)CCO. The van der Waals surface area contributed by atoms with Crippen molar-refractivity contribution in [2.75, 3.05) is 19.7 Å². The van der Waals surface area contributed by atoms with Gasteiger partial charge in [-0.1, -0.05) is 45.3 Å². The third-order valence-corrected chi connectivity index (χ3v) is 3.38. The summed E-state index contributed by atoms with van der Waals surface area (Å²) < 4.78 is 0. The molecule has 0 radical (unpaired) electrons. The summed E-state index contributed by atoms with van der Waals surface area (Å²) in [4.78, 5) is 13.7. The summed E-state index contributed by atoms with van der Waals surface area (Å²) >= 11 is 0. The van der Waals surface area contributed by atoms with Crippen LogP contribution in [0.1, 0.15) is 71.6 Å². The lowest BCUT2D eigenvalue weighted by atomic mass is 10.1. The second-order valence-corrected chi connectivity index (χ2v) is 5.29. The van der Waals surface area contributed by atoms with Gasteiger partial charge in [0.1, 0.15) is 0 Å². The summed E-state index contributed by atoms with van der Waals surface area (Å²) in [7, 11) is 0. The highest BCUT2D eigenvalue weighted by Crippen LogP contribution is 2.09. The first-order chi connectivity index (χ1) is 9.76. The molecule has 0 spiro atoms. The lowest BCUT2D eigenvalue weighted by Gasteiger charge is -2.20. The van der Waals surface area contributed by atoms with Crippen molar-refractivity contribution in [3.05, 3.63) is 12.2 Å². The van der Waals surface area contributed by atoms with E-state index < -0.39 is 0 Å². The molecule has 0 aromatic heterocycles. The molecule has 0 atom stereocenters. The number of nitrogens with zero attached hydrogens (tertiary/aromatic N) is 1. The van der Waals surface area contributed by atoms with E-state index in [0.29, 0.717) is 13.0 Å². The minimum absolute atomic E-state index is 0.0665. The first kappa shape index (κ1) is 19.2. The van der Waals surface area contributed by atoms with E-state index in [1.165, 1.54) is 25.7 Å². The zero-order valence-electron chi connectivity index (χ0n) is 13.4. The Labute approximate surface area is 125 Å². The van der Waals surface area contributed by atoms with E-state index in [1.807, 2.05) is 0 Å². The number of hydrogen-bond donors (Lipinski definition) is 1. The van der Waals surface area contributed by atoms with Crippen LogP contribution in [0.4, 0.5) is 0 Å². The van der Waals surface area contributed by atoms with E-state index in [9.17, 15) is 4.79 Å². The van der Waals surface area contributed by atoms with Crippen molar-refractivity contribution >= 4 is 5.91 Å². The fraction of sp³-hybridized carbons (Fsp3) is 0.824. The molecule has 0 aromatic carbocycles. The maximum atomic E-state index is 11.9. The fourth-order valence-electron chi connectivity index (χ4n) is 2.26. The van der Waals surface area contributed by atoms with Crippen LogP contribution in [0, 0.1) is 0 Å². The number of amides is 1. The molecule has 0 fully saturated rings. The highest BCUT2D eigenvalue weighted by atomic mass is 16.3. The van der Waals surface area contributed by atoms with Gasteiger partial charge in [0.25, 0.3) is 0 Å². The van der Waals surface area contributed by atoms with Crippen LogP contribution in [0.3, 0.4) is 0 Å². The number of carbonyl (C=O) groups excluding carboxylic acids is 1. The van der Waals surface area contributed by atoms with Crippen molar-refractivity contribution in [1.29, 1.82) is 0 Å². The normalized spacial score (nSPS) is 11.2. The van der Waals surface area contributed by atoms with Crippen molar-refractivity contribution in [1.82, 2.24) is 4.90 Å². The second kappa shape index (κ2) is 14.6. The molecule has 0 saturated heterocycles. The van der Waals surface area contributed by atoms with Gasteiger partial charge in [-0.05, 0) is 32.1 Å². The maximum Gasteiger partial charge on any atom is 0.222 e. The molecule has 118 valence electrons. The zero-order valence-corrected chi connectivity index (χ0v) is 13.4. The molecule has 0 aliphatic heterocycles. The van der Waals surface area contributed by atoms with Crippen LogP contribution < -0.4 is 0 Å². The molecule has 0 saturated carbocycles. The summed E-state index contributed by atoms with van der Waals surface area (Å²) in [5.74, 6) is 0.201. The van der Waals surface area contributed by atoms with Crippen molar-refractivity contribution in [3.8, 4) is 0 Å². The Bertz CT molecular complexity index is 245. The molecule has 3 nitrogen and oxygen atoms in total. The largest absolute Gasteiger partial charge is 0.395 e. The summed E-state index contributed by atoms with van der Waals surface area (Å²) in [6, 6.07) is 0. The molecule has 0 bridgehead atoms. The van der Waals surface area contributed by atoms with E-state index in [0.717, 1.165) is 32.2 Å². The third kappa shape index (κ3) is 11.0.